The van der Waals surface area contributed by atoms with Crippen LogP contribution in [0.2, 0.25) is 0 Å². The lowest BCUT2D eigenvalue weighted by molar-refractivity contribution is -0.383. The molecule has 0 amide bonds. The lowest BCUT2D eigenvalue weighted by Gasteiger charge is -2.01. The number of hydrogen-bond donors (Lipinski definition) is 2. The number of hydrogen-bond acceptors (Lipinski definition) is 8. The van der Waals surface area contributed by atoms with Gasteiger partial charge in [-0.1, -0.05) is 0 Å². The van der Waals surface area contributed by atoms with Crippen molar-refractivity contribution in [3.05, 3.63) is 22.2 Å². The SMILES string of the molecule is O=[N+]([O-])c1cc2nc(O)c(O)cc2c2nsnc12. The van der Waals surface area contributed by atoms with Crippen molar-refractivity contribution in [2.45, 2.75) is 0 Å². The van der Waals surface area contributed by atoms with Crippen molar-refractivity contribution in [2.75, 3.05) is 0 Å². The Balaban J connectivity index is 2.55. The van der Waals surface area contributed by atoms with Crippen LogP contribution in [-0.2, 0) is 0 Å². The number of fused-ring (bicyclic) bond motifs is 3. The van der Waals surface area contributed by atoms with Gasteiger partial charge in [0.25, 0.3) is 11.6 Å². The molecule has 0 radical (unpaired) electrons. The van der Waals surface area contributed by atoms with Crippen LogP contribution in [0.4, 0.5) is 5.69 Å². The highest BCUT2D eigenvalue weighted by Crippen LogP contribution is 2.35. The Bertz CT molecular complexity index is 800. The van der Waals surface area contributed by atoms with Crippen LogP contribution in [-0.4, -0.2) is 28.9 Å². The van der Waals surface area contributed by atoms with Crippen LogP contribution < -0.4 is 0 Å². The number of pyridine rings is 1. The number of aromatic hydroxyl groups is 2. The molecule has 0 saturated carbocycles. The fourth-order valence-electron chi connectivity index (χ4n) is 1.68. The van der Waals surface area contributed by atoms with Crippen LogP contribution in [0.25, 0.3) is 21.9 Å². The molecule has 0 aliphatic heterocycles. The van der Waals surface area contributed by atoms with Gasteiger partial charge in [-0.2, -0.15) is 8.75 Å². The van der Waals surface area contributed by atoms with Crippen molar-refractivity contribution >= 4 is 39.4 Å². The molecular weight excluding hydrogens is 260 g/mol. The molecule has 0 saturated heterocycles. The van der Waals surface area contributed by atoms with Crippen molar-refractivity contribution in [3.8, 4) is 11.6 Å². The molecule has 2 heterocycles. The van der Waals surface area contributed by atoms with Crippen LogP contribution in [0.15, 0.2) is 12.1 Å². The second kappa shape index (κ2) is 3.47. The number of non-ortho nitro benzene ring substituents is 1. The summed E-state index contributed by atoms with van der Waals surface area (Å²) in [6.07, 6.45) is 0. The zero-order chi connectivity index (χ0) is 12.9. The van der Waals surface area contributed by atoms with E-state index in [1.54, 1.807) is 0 Å². The summed E-state index contributed by atoms with van der Waals surface area (Å²) < 4.78 is 7.81. The van der Waals surface area contributed by atoms with E-state index in [0.717, 1.165) is 11.7 Å². The Labute approximate surface area is 103 Å². The first kappa shape index (κ1) is 10.6. The van der Waals surface area contributed by atoms with Gasteiger partial charge in [-0.05, 0) is 6.07 Å². The summed E-state index contributed by atoms with van der Waals surface area (Å²) in [5.74, 6) is -0.995. The molecule has 0 atom stereocenters. The molecule has 0 aliphatic carbocycles. The maximum atomic E-state index is 10.9. The Morgan fingerprint density at radius 1 is 1.22 bits per heavy atom. The van der Waals surface area contributed by atoms with Gasteiger partial charge in [-0.3, -0.25) is 10.1 Å². The van der Waals surface area contributed by atoms with Crippen molar-refractivity contribution in [1.29, 1.82) is 0 Å². The largest absolute Gasteiger partial charge is 0.503 e. The predicted molar refractivity (Wildman–Crippen MR) is 62.7 cm³/mol. The molecule has 9 heteroatoms. The van der Waals surface area contributed by atoms with Gasteiger partial charge in [0.2, 0.25) is 0 Å². The summed E-state index contributed by atoms with van der Waals surface area (Å²) >= 11 is 0.833. The minimum absolute atomic E-state index is 0.143. The fraction of sp³-hybridized carbons (Fsp3) is 0. The molecule has 2 aromatic heterocycles. The first-order chi connectivity index (χ1) is 8.58. The number of nitro benzene ring substituents is 1. The summed E-state index contributed by atoms with van der Waals surface area (Å²) in [6.45, 7) is 0. The Morgan fingerprint density at radius 2 is 1.94 bits per heavy atom. The summed E-state index contributed by atoms with van der Waals surface area (Å²) in [4.78, 5) is 14.0. The quantitative estimate of drug-likeness (QED) is 0.505. The van der Waals surface area contributed by atoms with E-state index < -0.39 is 16.6 Å². The highest BCUT2D eigenvalue weighted by Gasteiger charge is 2.20. The number of rotatable bonds is 1. The van der Waals surface area contributed by atoms with Crippen molar-refractivity contribution in [3.63, 3.8) is 0 Å². The molecule has 1 aromatic carbocycles. The van der Waals surface area contributed by atoms with Crippen LogP contribution in [0, 0.1) is 10.1 Å². The van der Waals surface area contributed by atoms with Crippen LogP contribution in [0.3, 0.4) is 0 Å². The molecule has 18 heavy (non-hydrogen) atoms. The minimum atomic E-state index is -0.589. The fourth-order valence-corrected chi connectivity index (χ4v) is 2.25. The molecule has 8 nitrogen and oxygen atoms in total. The average molecular weight is 264 g/mol. The third kappa shape index (κ3) is 1.34. The molecule has 90 valence electrons. The van der Waals surface area contributed by atoms with Crippen LogP contribution in [0.1, 0.15) is 0 Å². The minimum Gasteiger partial charge on any atom is -0.503 e. The third-order valence-electron chi connectivity index (χ3n) is 2.47. The molecule has 0 aliphatic rings. The van der Waals surface area contributed by atoms with Gasteiger partial charge in [0.05, 0.1) is 22.2 Å². The molecule has 2 N–H and O–H groups in total. The second-order valence-electron chi connectivity index (χ2n) is 3.51. The monoisotopic (exact) mass is 264 g/mol. The summed E-state index contributed by atoms with van der Waals surface area (Å²) in [7, 11) is 0. The molecular formula is C9H4N4O4S. The van der Waals surface area contributed by atoms with Gasteiger partial charge in [0, 0.05) is 11.5 Å². The average Bonchev–Trinajstić information content (AvgIpc) is 2.79. The van der Waals surface area contributed by atoms with Crippen LogP contribution in [0.5, 0.6) is 11.6 Å². The zero-order valence-electron chi connectivity index (χ0n) is 8.56. The van der Waals surface area contributed by atoms with Gasteiger partial charge in [-0.15, -0.1) is 0 Å². The molecule has 0 bridgehead atoms. The predicted octanol–water partition coefficient (Wildman–Crippen LogP) is 1.56. The maximum Gasteiger partial charge on any atom is 0.300 e. The lowest BCUT2D eigenvalue weighted by Crippen LogP contribution is -1.91. The number of nitrogens with zero attached hydrogens (tertiary/aromatic N) is 4. The molecule has 3 aromatic rings. The van der Waals surface area contributed by atoms with E-state index >= 15 is 0 Å². The van der Waals surface area contributed by atoms with Gasteiger partial charge < -0.3 is 10.2 Å². The van der Waals surface area contributed by atoms with E-state index in [1.807, 2.05) is 0 Å². The number of aromatic nitrogens is 3. The molecule has 0 spiro atoms. The maximum absolute atomic E-state index is 10.9. The molecule has 0 unspecified atom stereocenters. The highest BCUT2D eigenvalue weighted by molar-refractivity contribution is 7.00. The Morgan fingerprint density at radius 3 is 2.67 bits per heavy atom. The lowest BCUT2D eigenvalue weighted by atomic mass is 10.1. The van der Waals surface area contributed by atoms with E-state index in [9.17, 15) is 20.3 Å². The van der Waals surface area contributed by atoms with Crippen molar-refractivity contribution in [1.82, 2.24) is 13.7 Å². The normalized spacial score (nSPS) is 11.1. The van der Waals surface area contributed by atoms with Crippen LogP contribution >= 0.6 is 11.7 Å². The van der Waals surface area contributed by atoms with E-state index in [-0.39, 0.29) is 22.2 Å². The van der Waals surface area contributed by atoms with Gasteiger partial charge >= 0.3 is 0 Å². The smallest absolute Gasteiger partial charge is 0.300 e. The van der Waals surface area contributed by atoms with Gasteiger partial charge in [0.1, 0.15) is 5.52 Å². The third-order valence-corrected chi connectivity index (χ3v) is 3.00. The topological polar surface area (TPSA) is 122 Å². The summed E-state index contributed by atoms with van der Waals surface area (Å²) in [5.41, 5.74) is 0.373. The standard InChI is InChI=1S/C9H4N4O4S/c14-6-1-3-4(10-9(6)15)2-5(13(16)17)8-7(3)11-18-12-8/h1-2,14H,(H,10,15). The van der Waals surface area contributed by atoms with Crippen molar-refractivity contribution in [2.24, 2.45) is 0 Å². The summed E-state index contributed by atoms with van der Waals surface area (Å²) in [6, 6.07) is 2.45. The van der Waals surface area contributed by atoms with Gasteiger partial charge in [-0.25, -0.2) is 4.98 Å². The van der Waals surface area contributed by atoms with E-state index in [2.05, 4.69) is 13.7 Å². The van der Waals surface area contributed by atoms with Crippen molar-refractivity contribution < 1.29 is 15.1 Å². The Hall–Kier alpha value is -2.55. The highest BCUT2D eigenvalue weighted by atomic mass is 32.1. The number of benzene rings is 1. The first-order valence-electron chi connectivity index (χ1n) is 4.70. The summed E-state index contributed by atoms with van der Waals surface area (Å²) in [5, 5.41) is 30.0. The zero-order valence-corrected chi connectivity index (χ0v) is 9.38. The number of nitro groups is 1. The van der Waals surface area contributed by atoms with E-state index in [0.29, 0.717) is 5.39 Å². The van der Waals surface area contributed by atoms with E-state index in [1.165, 1.54) is 12.1 Å². The first-order valence-corrected chi connectivity index (χ1v) is 5.43. The molecule has 0 fully saturated rings. The van der Waals surface area contributed by atoms with Gasteiger partial charge in [0.15, 0.2) is 11.3 Å². The van der Waals surface area contributed by atoms with E-state index in [4.69, 9.17) is 0 Å². The molecule has 3 rings (SSSR count). The Kier molecular flexibility index (Phi) is 2.04. The second-order valence-corrected chi connectivity index (χ2v) is 4.04.